The topological polar surface area (TPSA) is 32.6 Å². The van der Waals surface area contributed by atoms with E-state index >= 15 is 0 Å². The molecular formula is C18H22NO2P. The smallest absolute Gasteiger partial charge is 0.232 e. The van der Waals surface area contributed by atoms with Crippen molar-refractivity contribution in [3.8, 4) is 0 Å². The maximum atomic E-state index is 14.0. The zero-order chi connectivity index (χ0) is 16.0. The van der Waals surface area contributed by atoms with Crippen molar-refractivity contribution >= 4 is 17.9 Å². The largest absolute Gasteiger partial charge is 0.294 e. The standard InChI is InChI=1S/C18H22NO2P/c1-17(2,3)18(4)19(21-18)22(20,15-11-7-5-8-12-15)16-13-9-6-10-14-16/h5-14H,1-4H3/t18-,19?/m1/s1. The van der Waals surface area contributed by atoms with Crippen LogP contribution in [0, 0.1) is 5.41 Å². The molecule has 0 amide bonds. The van der Waals surface area contributed by atoms with Gasteiger partial charge in [-0.1, -0.05) is 62.0 Å². The predicted molar refractivity (Wildman–Crippen MR) is 90.5 cm³/mol. The first-order valence-corrected chi connectivity index (χ1v) is 9.17. The van der Waals surface area contributed by atoms with Crippen LogP contribution in [0.3, 0.4) is 0 Å². The van der Waals surface area contributed by atoms with Crippen molar-refractivity contribution in [3.63, 3.8) is 0 Å². The van der Waals surface area contributed by atoms with E-state index in [-0.39, 0.29) is 5.41 Å². The van der Waals surface area contributed by atoms with Crippen molar-refractivity contribution in [3.05, 3.63) is 60.7 Å². The lowest BCUT2D eigenvalue weighted by atomic mass is 9.87. The summed E-state index contributed by atoms with van der Waals surface area (Å²) in [6, 6.07) is 19.2. The minimum Gasteiger partial charge on any atom is -0.294 e. The lowest BCUT2D eigenvalue weighted by Gasteiger charge is -2.26. The first kappa shape index (κ1) is 15.5. The van der Waals surface area contributed by atoms with Crippen LogP contribution in [-0.2, 0) is 9.40 Å². The Balaban J connectivity index is 2.14. The van der Waals surface area contributed by atoms with Crippen molar-refractivity contribution in [2.45, 2.75) is 33.4 Å². The second-order valence-electron chi connectivity index (χ2n) is 6.84. The summed E-state index contributed by atoms with van der Waals surface area (Å²) in [6.45, 7) is 8.32. The molecule has 1 aliphatic rings. The Labute approximate surface area is 132 Å². The summed E-state index contributed by atoms with van der Waals surface area (Å²) in [7, 11) is -2.99. The lowest BCUT2D eigenvalue weighted by molar-refractivity contribution is 0.169. The van der Waals surface area contributed by atoms with Crippen molar-refractivity contribution < 1.29 is 9.40 Å². The zero-order valence-corrected chi connectivity index (χ0v) is 14.4. The van der Waals surface area contributed by atoms with Crippen LogP contribution >= 0.6 is 7.29 Å². The molecule has 1 aliphatic heterocycles. The van der Waals surface area contributed by atoms with Gasteiger partial charge in [-0.05, 0) is 31.2 Å². The third kappa shape index (κ3) is 2.25. The van der Waals surface area contributed by atoms with E-state index in [0.717, 1.165) is 10.6 Å². The average molecular weight is 315 g/mol. The Morgan fingerprint density at radius 2 is 1.32 bits per heavy atom. The zero-order valence-electron chi connectivity index (χ0n) is 13.5. The van der Waals surface area contributed by atoms with Crippen LogP contribution < -0.4 is 10.6 Å². The van der Waals surface area contributed by atoms with Gasteiger partial charge >= 0.3 is 0 Å². The molecule has 0 saturated carbocycles. The summed E-state index contributed by atoms with van der Waals surface area (Å²) in [6.07, 6.45) is 0. The maximum absolute atomic E-state index is 14.0. The van der Waals surface area contributed by atoms with Crippen molar-refractivity contribution in [1.82, 2.24) is 4.83 Å². The second kappa shape index (κ2) is 5.06. The fourth-order valence-corrected chi connectivity index (χ4v) is 5.50. The van der Waals surface area contributed by atoms with Gasteiger partial charge in [-0.25, -0.2) is 0 Å². The monoisotopic (exact) mass is 315 g/mol. The van der Waals surface area contributed by atoms with E-state index in [9.17, 15) is 4.57 Å². The fraction of sp³-hybridized carbons (Fsp3) is 0.333. The highest BCUT2D eigenvalue weighted by Crippen LogP contribution is 2.65. The maximum Gasteiger partial charge on any atom is 0.232 e. The summed E-state index contributed by atoms with van der Waals surface area (Å²) >= 11 is 0. The molecule has 116 valence electrons. The molecule has 4 heteroatoms. The van der Waals surface area contributed by atoms with Crippen molar-refractivity contribution in [2.24, 2.45) is 5.41 Å². The van der Waals surface area contributed by atoms with Gasteiger partial charge in [0.05, 0.1) is 0 Å². The van der Waals surface area contributed by atoms with E-state index in [4.69, 9.17) is 4.84 Å². The Morgan fingerprint density at radius 1 is 0.909 bits per heavy atom. The van der Waals surface area contributed by atoms with E-state index < -0.39 is 13.0 Å². The lowest BCUT2D eigenvalue weighted by Crippen LogP contribution is -2.33. The second-order valence-corrected chi connectivity index (χ2v) is 9.39. The van der Waals surface area contributed by atoms with E-state index in [1.807, 2.05) is 67.6 Å². The number of rotatable bonds is 3. The summed E-state index contributed by atoms with van der Waals surface area (Å²) in [5.74, 6) is 0. The van der Waals surface area contributed by atoms with Gasteiger partial charge in [-0.2, -0.15) is 0 Å². The third-order valence-electron chi connectivity index (χ3n) is 4.46. The molecule has 0 spiro atoms. The van der Waals surface area contributed by atoms with E-state index in [1.54, 1.807) is 4.83 Å². The quantitative estimate of drug-likeness (QED) is 0.635. The van der Waals surface area contributed by atoms with Gasteiger partial charge in [0.2, 0.25) is 7.29 Å². The van der Waals surface area contributed by atoms with Gasteiger partial charge in [0, 0.05) is 16.0 Å². The van der Waals surface area contributed by atoms with Crippen LogP contribution in [0.25, 0.3) is 0 Å². The number of hydrogen-bond donors (Lipinski definition) is 0. The molecule has 3 nitrogen and oxygen atoms in total. The molecule has 1 saturated heterocycles. The molecule has 22 heavy (non-hydrogen) atoms. The Bertz CT molecular complexity index is 665. The van der Waals surface area contributed by atoms with Gasteiger partial charge in [-0.15, -0.1) is 0 Å². The van der Waals surface area contributed by atoms with Crippen LogP contribution in [-0.4, -0.2) is 10.6 Å². The van der Waals surface area contributed by atoms with Gasteiger partial charge in [0.15, 0.2) is 5.72 Å². The molecule has 0 bridgehead atoms. The first-order valence-electron chi connectivity index (χ1n) is 7.51. The van der Waals surface area contributed by atoms with Gasteiger partial charge in [-0.3, -0.25) is 9.40 Å². The molecule has 0 N–H and O–H groups in total. The van der Waals surface area contributed by atoms with Gasteiger partial charge < -0.3 is 0 Å². The summed E-state index contributed by atoms with van der Waals surface area (Å²) < 4.78 is 14.0. The molecule has 2 aromatic rings. The van der Waals surface area contributed by atoms with Crippen LogP contribution in [0.2, 0.25) is 0 Å². The van der Waals surface area contributed by atoms with E-state index in [0.29, 0.717) is 0 Å². The minimum absolute atomic E-state index is 0.133. The molecule has 3 rings (SSSR count). The molecule has 1 unspecified atom stereocenters. The van der Waals surface area contributed by atoms with Gasteiger partial charge in [0.1, 0.15) is 0 Å². The molecule has 0 aliphatic carbocycles. The van der Waals surface area contributed by atoms with Gasteiger partial charge in [0.25, 0.3) is 0 Å². The van der Waals surface area contributed by atoms with E-state index in [2.05, 4.69) is 20.8 Å². The highest BCUT2D eigenvalue weighted by atomic mass is 31.2. The van der Waals surface area contributed by atoms with Crippen molar-refractivity contribution in [1.29, 1.82) is 0 Å². The highest BCUT2D eigenvalue weighted by molar-refractivity contribution is 7.76. The average Bonchev–Trinajstić information content (AvgIpc) is 3.22. The molecule has 1 heterocycles. The van der Waals surface area contributed by atoms with Crippen LogP contribution in [0.1, 0.15) is 27.7 Å². The summed E-state index contributed by atoms with van der Waals surface area (Å²) in [5, 5.41) is 1.60. The molecule has 0 aromatic heterocycles. The number of hydrogen-bond acceptors (Lipinski definition) is 2. The molecule has 1 fully saturated rings. The predicted octanol–water partition coefficient (Wildman–Crippen LogP) is 3.93. The summed E-state index contributed by atoms with van der Waals surface area (Å²) in [5.41, 5.74) is -0.666. The Morgan fingerprint density at radius 3 is 1.64 bits per heavy atom. The third-order valence-corrected chi connectivity index (χ3v) is 7.43. The Hall–Kier alpha value is -1.41. The van der Waals surface area contributed by atoms with E-state index in [1.165, 1.54) is 0 Å². The number of nitrogens with zero attached hydrogens (tertiary/aromatic N) is 1. The first-order chi connectivity index (χ1) is 10.3. The van der Waals surface area contributed by atoms with Crippen LogP contribution in [0.4, 0.5) is 0 Å². The van der Waals surface area contributed by atoms with Crippen molar-refractivity contribution in [2.75, 3.05) is 0 Å². The summed E-state index contributed by atoms with van der Waals surface area (Å²) in [4.78, 5) is 7.63. The Kier molecular flexibility index (Phi) is 3.56. The minimum atomic E-state index is -2.99. The number of benzene rings is 2. The highest BCUT2D eigenvalue weighted by Gasteiger charge is 2.66. The van der Waals surface area contributed by atoms with Crippen LogP contribution in [0.15, 0.2) is 60.7 Å². The molecule has 0 radical (unpaired) electrons. The fourth-order valence-electron chi connectivity index (χ4n) is 2.52. The normalized spacial score (nSPS) is 25.0. The van der Waals surface area contributed by atoms with Crippen LogP contribution in [0.5, 0.6) is 0 Å². The molecule has 2 aromatic carbocycles. The molecular weight excluding hydrogens is 293 g/mol. The molecule has 2 atom stereocenters. The number of hydroxylamine groups is 1. The SMILES string of the molecule is CC(C)(C)[C@@]1(C)ON1P(=O)(c1ccccc1)c1ccccc1.